The maximum Gasteiger partial charge on any atom is 0.220 e. The molecule has 0 atom stereocenters. The predicted octanol–water partition coefficient (Wildman–Crippen LogP) is 1.66. The number of rotatable bonds is 3. The van der Waals surface area contributed by atoms with Gasteiger partial charge in [0.1, 0.15) is 11.4 Å². The Kier molecular flexibility index (Phi) is 3.57. The number of nitrogens with two attached hydrogens (primary N) is 2. The normalized spacial score (nSPS) is 17.8. The van der Waals surface area contributed by atoms with E-state index in [2.05, 4.69) is 9.98 Å². The topological polar surface area (TPSA) is 89.2 Å². The van der Waals surface area contributed by atoms with Crippen molar-refractivity contribution in [3.05, 3.63) is 24.3 Å². The molecule has 0 unspecified atom stereocenters. The molecule has 0 bridgehead atoms. The van der Waals surface area contributed by atoms with Gasteiger partial charge in [-0.1, -0.05) is 12.1 Å². The Balaban J connectivity index is 2.48. The Bertz CT molecular complexity index is 562. The molecule has 4 N–H and O–H groups in total. The van der Waals surface area contributed by atoms with Crippen molar-refractivity contribution >= 4 is 17.6 Å². The number of para-hydroxylation sites is 2. The van der Waals surface area contributed by atoms with Gasteiger partial charge in [0, 0.05) is 0 Å². The second-order valence-corrected chi connectivity index (χ2v) is 5.40. The second kappa shape index (κ2) is 5.03. The molecule has 0 aliphatic carbocycles. The lowest BCUT2D eigenvalue weighted by Crippen LogP contribution is -2.54. The van der Waals surface area contributed by atoms with Crippen molar-refractivity contribution in [2.45, 2.75) is 39.5 Å². The van der Waals surface area contributed by atoms with Gasteiger partial charge in [0.15, 0.2) is 0 Å². The summed E-state index contributed by atoms with van der Waals surface area (Å²) in [6.07, 6.45) is 0.0655. The maximum absolute atomic E-state index is 6.04. The highest BCUT2D eigenvalue weighted by Gasteiger charge is 2.34. The average molecular weight is 275 g/mol. The number of ether oxygens (including phenoxy) is 1. The van der Waals surface area contributed by atoms with E-state index in [1.807, 2.05) is 56.9 Å². The van der Waals surface area contributed by atoms with Crippen molar-refractivity contribution in [1.29, 1.82) is 0 Å². The largest absolute Gasteiger partial charge is 0.489 e. The van der Waals surface area contributed by atoms with Crippen LogP contribution in [0.15, 0.2) is 34.3 Å². The van der Waals surface area contributed by atoms with E-state index in [-0.39, 0.29) is 12.1 Å². The van der Waals surface area contributed by atoms with Crippen molar-refractivity contribution in [1.82, 2.24) is 0 Å². The smallest absolute Gasteiger partial charge is 0.220 e. The molecule has 0 aromatic heterocycles. The molecule has 6 heteroatoms. The van der Waals surface area contributed by atoms with Gasteiger partial charge in [-0.15, -0.1) is 0 Å². The van der Waals surface area contributed by atoms with Gasteiger partial charge < -0.3 is 16.2 Å². The molecule has 0 fully saturated rings. The lowest BCUT2D eigenvalue weighted by atomic mass is 10.1. The number of nitrogens with zero attached hydrogens (tertiary/aromatic N) is 3. The van der Waals surface area contributed by atoms with E-state index < -0.39 is 5.66 Å². The summed E-state index contributed by atoms with van der Waals surface area (Å²) >= 11 is 0. The van der Waals surface area contributed by atoms with Crippen molar-refractivity contribution in [2.24, 2.45) is 21.5 Å². The minimum atomic E-state index is -0.619. The maximum atomic E-state index is 6.04. The van der Waals surface area contributed by atoms with Crippen LogP contribution in [0.4, 0.5) is 5.69 Å². The molecule has 0 amide bonds. The highest BCUT2D eigenvalue weighted by Crippen LogP contribution is 2.35. The summed E-state index contributed by atoms with van der Waals surface area (Å²) in [5, 5.41) is 0. The van der Waals surface area contributed by atoms with Crippen LogP contribution in [-0.2, 0) is 0 Å². The zero-order valence-corrected chi connectivity index (χ0v) is 12.3. The number of benzene rings is 1. The van der Waals surface area contributed by atoms with Gasteiger partial charge in [0.05, 0.1) is 11.8 Å². The Morgan fingerprint density at radius 1 is 1.20 bits per heavy atom. The van der Waals surface area contributed by atoms with Gasteiger partial charge in [0.25, 0.3) is 0 Å². The minimum absolute atomic E-state index is 0.0655. The third-order valence-electron chi connectivity index (χ3n) is 2.86. The second-order valence-electron chi connectivity index (χ2n) is 5.40. The molecule has 1 aliphatic rings. The highest BCUT2D eigenvalue weighted by molar-refractivity contribution is 6.06. The Morgan fingerprint density at radius 3 is 2.45 bits per heavy atom. The van der Waals surface area contributed by atoms with Crippen LogP contribution in [0.5, 0.6) is 5.75 Å². The van der Waals surface area contributed by atoms with Crippen LogP contribution in [0, 0.1) is 0 Å². The van der Waals surface area contributed by atoms with Crippen LogP contribution in [0.1, 0.15) is 27.7 Å². The first kappa shape index (κ1) is 14.2. The van der Waals surface area contributed by atoms with Crippen LogP contribution in [0.2, 0.25) is 0 Å². The van der Waals surface area contributed by atoms with Crippen molar-refractivity contribution in [2.75, 3.05) is 4.90 Å². The molecular weight excluding hydrogens is 254 g/mol. The lowest BCUT2D eigenvalue weighted by Gasteiger charge is -2.39. The SMILES string of the molecule is CC(C)Oc1ccccc1N1C(N)=NC(N)=NC1(C)C. The van der Waals surface area contributed by atoms with E-state index in [1.54, 1.807) is 0 Å². The molecule has 1 heterocycles. The number of hydrogen-bond donors (Lipinski definition) is 2. The molecule has 0 radical (unpaired) electrons. The molecule has 6 nitrogen and oxygen atoms in total. The standard InChI is InChI=1S/C14H21N5O/c1-9(2)20-11-8-6-5-7-10(11)19-13(16)17-12(15)18-14(19,3)4/h5-9H,1-4H3,(H4,15,16,17,18). The number of hydrogen-bond acceptors (Lipinski definition) is 6. The quantitative estimate of drug-likeness (QED) is 0.878. The number of anilines is 1. The third-order valence-corrected chi connectivity index (χ3v) is 2.86. The molecule has 0 saturated carbocycles. The Morgan fingerprint density at radius 2 is 1.85 bits per heavy atom. The Hall–Kier alpha value is -2.24. The highest BCUT2D eigenvalue weighted by atomic mass is 16.5. The molecular formula is C14H21N5O. The first-order chi connectivity index (χ1) is 9.31. The summed E-state index contributed by atoms with van der Waals surface area (Å²) in [5.74, 6) is 1.23. The molecule has 1 aliphatic heterocycles. The first-order valence-electron chi connectivity index (χ1n) is 6.56. The van der Waals surface area contributed by atoms with Gasteiger partial charge in [-0.3, -0.25) is 4.90 Å². The van der Waals surface area contributed by atoms with Crippen LogP contribution >= 0.6 is 0 Å². The summed E-state index contributed by atoms with van der Waals surface area (Å²) in [6, 6.07) is 7.68. The molecule has 108 valence electrons. The summed E-state index contributed by atoms with van der Waals surface area (Å²) in [6.45, 7) is 7.80. The van der Waals surface area contributed by atoms with E-state index in [0.29, 0.717) is 5.96 Å². The van der Waals surface area contributed by atoms with Gasteiger partial charge in [-0.2, -0.15) is 4.99 Å². The van der Waals surface area contributed by atoms with Crippen LogP contribution < -0.4 is 21.1 Å². The van der Waals surface area contributed by atoms with Gasteiger partial charge in [0.2, 0.25) is 11.9 Å². The van der Waals surface area contributed by atoms with Gasteiger partial charge in [-0.25, -0.2) is 4.99 Å². The third kappa shape index (κ3) is 2.68. The Labute approximate surface area is 119 Å². The molecule has 2 rings (SSSR count). The minimum Gasteiger partial charge on any atom is -0.489 e. The van der Waals surface area contributed by atoms with Gasteiger partial charge in [-0.05, 0) is 39.8 Å². The van der Waals surface area contributed by atoms with Crippen molar-refractivity contribution in [3.8, 4) is 5.75 Å². The molecule has 0 saturated heterocycles. The van der Waals surface area contributed by atoms with E-state index in [9.17, 15) is 0 Å². The predicted molar refractivity (Wildman–Crippen MR) is 82.0 cm³/mol. The van der Waals surface area contributed by atoms with Crippen LogP contribution in [0.25, 0.3) is 0 Å². The van der Waals surface area contributed by atoms with Crippen molar-refractivity contribution in [3.63, 3.8) is 0 Å². The van der Waals surface area contributed by atoms with Crippen LogP contribution in [0.3, 0.4) is 0 Å². The molecule has 1 aromatic rings. The van der Waals surface area contributed by atoms with Gasteiger partial charge >= 0.3 is 0 Å². The summed E-state index contributed by atoms with van der Waals surface area (Å²) < 4.78 is 5.84. The van der Waals surface area contributed by atoms with Crippen LogP contribution in [-0.4, -0.2) is 23.7 Å². The molecule has 1 aromatic carbocycles. The fourth-order valence-corrected chi connectivity index (χ4v) is 2.22. The average Bonchev–Trinajstić information content (AvgIpc) is 2.28. The van der Waals surface area contributed by atoms with E-state index in [0.717, 1.165) is 11.4 Å². The molecule has 20 heavy (non-hydrogen) atoms. The first-order valence-corrected chi connectivity index (χ1v) is 6.56. The monoisotopic (exact) mass is 275 g/mol. The zero-order chi connectivity index (χ0) is 14.9. The fraction of sp³-hybridized carbons (Fsp3) is 0.429. The van der Waals surface area contributed by atoms with E-state index >= 15 is 0 Å². The lowest BCUT2D eigenvalue weighted by molar-refractivity contribution is 0.242. The number of guanidine groups is 2. The summed E-state index contributed by atoms with van der Waals surface area (Å²) in [5.41, 5.74) is 11.9. The zero-order valence-electron chi connectivity index (χ0n) is 12.3. The fourth-order valence-electron chi connectivity index (χ4n) is 2.22. The van der Waals surface area contributed by atoms with E-state index in [1.165, 1.54) is 0 Å². The summed E-state index contributed by atoms with van der Waals surface area (Å²) in [7, 11) is 0. The van der Waals surface area contributed by atoms with Crippen molar-refractivity contribution < 1.29 is 4.74 Å². The van der Waals surface area contributed by atoms with E-state index in [4.69, 9.17) is 16.2 Å². The molecule has 0 spiro atoms. The summed E-state index contributed by atoms with van der Waals surface area (Å²) in [4.78, 5) is 10.2. The number of aliphatic imine (C=N–C) groups is 2.